The number of rotatable bonds is 5. The van der Waals surface area contributed by atoms with Gasteiger partial charge in [-0.2, -0.15) is 0 Å². The van der Waals surface area contributed by atoms with Gasteiger partial charge < -0.3 is 10.4 Å². The first kappa shape index (κ1) is 15.7. The fraction of sp³-hybridized carbons (Fsp3) is 0.500. The average Bonchev–Trinajstić information content (AvgIpc) is 2.73. The van der Waals surface area contributed by atoms with E-state index in [-0.39, 0.29) is 23.6 Å². The lowest BCUT2D eigenvalue weighted by atomic mass is 10.1. The van der Waals surface area contributed by atoms with Crippen molar-refractivity contribution >= 4 is 22.2 Å². The summed E-state index contributed by atoms with van der Waals surface area (Å²) < 4.78 is 1.48. The fourth-order valence-electron chi connectivity index (χ4n) is 2.02. The van der Waals surface area contributed by atoms with E-state index in [0.717, 1.165) is 10.6 Å². The lowest BCUT2D eigenvalue weighted by Crippen LogP contribution is -2.34. The van der Waals surface area contributed by atoms with Gasteiger partial charge in [0.15, 0.2) is 4.96 Å². The number of hydrogen-bond donors (Lipinski definition) is 2. The molecule has 7 heteroatoms. The number of amides is 1. The molecule has 21 heavy (non-hydrogen) atoms. The Labute approximate surface area is 126 Å². The van der Waals surface area contributed by atoms with Gasteiger partial charge in [-0.25, -0.2) is 4.98 Å². The van der Waals surface area contributed by atoms with E-state index >= 15 is 0 Å². The molecule has 2 aromatic heterocycles. The van der Waals surface area contributed by atoms with Gasteiger partial charge in [-0.15, -0.1) is 11.3 Å². The van der Waals surface area contributed by atoms with Gasteiger partial charge >= 0.3 is 0 Å². The lowest BCUT2D eigenvalue weighted by Gasteiger charge is -2.10. The first-order chi connectivity index (χ1) is 9.95. The third-order valence-electron chi connectivity index (χ3n) is 3.50. The van der Waals surface area contributed by atoms with Crippen LogP contribution in [0.5, 0.6) is 0 Å². The van der Waals surface area contributed by atoms with E-state index in [1.165, 1.54) is 21.9 Å². The molecule has 1 amide bonds. The molecule has 2 N–H and O–H groups in total. The van der Waals surface area contributed by atoms with E-state index in [1.807, 2.05) is 20.8 Å². The maximum Gasteiger partial charge on any atom is 0.271 e. The molecular weight excluding hydrogens is 290 g/mol. The predicted molar refractivity (Wildman–Crippen MR) is 82.0 cm³/mol. The van der Waals surface area contributed by atoms with Crippen LogP contribution in [0.2, 0.25) is 0 Å². The van der Waals surface area contributed by atoms with Crippen LogP contribution in [0.1, 0.15) is 34.3 Å². The van der Waals surface area contributed by atoms with Crippen LogP contribution in [0.3, 0.4) is 0 Å². The average molecular weight is 309 g/mol. The number of nitrogens with zero attached hydrogens (tertiary/aromatic N) is 2. The van der Waals surface area contributed by atoms with E-state index < -0.39 is 5.91 Å². The van der Waals surface area contributed by atoms with Crippen molar-refractivity contribution in [2.75, 3.05) is 13.2 Å². The van der Waals surface area contributed by atoms with Crippen LogP contribution in [0.15, 0.2) is 11.0 Å². The molecule has 0 aliphatic carbocycles. The van der Waals surface area contributed by atoms with Gasteiger partial charge in [0, 0.05) is 29.9 Å². The zero-order valence-corrected chi connectivity index (χ0v) is 13.2. The van der Waals surface area contributed by atoms with Crippen molar-refractivity contribution in [3.63, 3.8) is 0 Å². The summed E-state index contributed by atoms with van der Waals surface area (Å²) in [5.74, 6) is -0.265. The molecule has 0 aliphatic heterocycles. The van der Waals surface area contributed by atoms with Crippen LogP contribution in [0, 0.1) is 19.8 Å². The standard InChI is InChI=1S/C14H19N3O3S/c1-8(4-5-18)6-15-12(19)11-7-16-14-17(13(11)20)9(2)10(3)21-14/h7-8,18H,4-6H2,1-3H3,(H,15,19). The Balaban J connectivity index is 2.26. The maximum absolute atomic E-state index is 12.4. The topological polar surface area (TPSA) is 83.7 Å². The number of aliphatic hydroxyl groups excluding tert-OH is 1. The van der Waals surface area contributed by atoms with E-state index in [0.29, 0.717) is 17.9 Å². The molecule has 0 radical (unpaired) electrons. The van der Waals surface area contributed by atoms with Crippen LogP contribution >= 0.6 is 11.3 Å². The normalized spacial score (nSPS) is 12.6. The Morgan fingerprint density at radius 2 is 2.24 bits per heavy atom. The second-order valence-electron chi connectivity index (χ2n) is 5.17. The molecule has 114 valence electrons. The number of carbonyl (C=O) groups is 1. The molecular formula is C14H19N3O3S. The monoisotopic (exact) mass is 309 g/mol. The SMILES string of the molecule is Cc1sc2ncc(C(=O)NCC(C)CCO)c(=O)n2c1C. The van der Waals surface area contributed by atoms with Crippen molar-refractivity contribution in [2.45, 2.75) is 27.2 Å². The summed E-state index contributed by atoms with van der Waals surface area (Å²) in [5, 5.41) is 11.6. The minimum absolute atomic E-state index is 0.0459. The van der Waals surface area contributed by atoms with Crippen molar-refractivity contribution in [2.24, 2.45) is 5.92 Å². The number of carbonyl (C=O) groups excluding carboxylic acids is 1. The number of aryl methyl sites for hydroxylation is 2. The van der Waals surface area contributed by atoms with E-state index in [4.69, 9.17) is 5.11 Å². The molecule has 0 aliphatic rings. The van der Waals surface area contributed by atoms with Gasteiger partial charge in [-0.1, -0.05) is 6.92 Å². The molecule has 0 aromatic carbocycles. The molecule has 0 spiro atoms. The number of aromatic nitrogens is 2. The number of hydrogen-bond acceptors (Lipinski definition) is 5. The lowest BCUT2D eigenvalue weighted by molar-refractivity contribution is 0.0943. The smallest absolute Gasteiger partial charge is 0.271 e. The molecule has 0 bridgehead atoms. The zero-order chi connectivity index (χ0) is 15.6. The Morgan fingerprint density at radius 3 is 2.90 bits per heavy atom. The highest BCUT2D eigenvalue weighted by molar-refractivity contribution is 7.17. The number of fused-ring (bicyclic) bond motifs is 1. The maximum atomic E-state index is 12.4. The third kappa shape index (κ3) is 3.14. The predicted octanol–water partition coefficient (Wildman–Crippen LogP) is 1.12. The molecule has 2 aromatic rings. The van der Waals surface area contributed by atoms with Crippen molar-refractivity contribution in [1.29, 1.82) is 0 Å². The highest BCUT2D eigenvalue weighted by Gasteiger charge is 2.16. The van der Waals surface area contributed by atoms with Crippen molar-refractivity contribution in [1.82, 2.24) is 14.7 Å². The molecule has 1 unspecified atom stereocenters. The minimum Gasteiger partial charge on any atom is -0.396 e. The third-order valence-corrected chi connectivity index (χ3v) is 4.57. The molecule has 0 fully saturated rings. The summed E-state index contributed by atoms with van der Waals surface area (Å²) in [6, 6.07) is 0. The molecule has 1 atom stereocenters. The summed E-state index contributed by atoms with van der Waals surface area (Å²) in [4.78, 5) is 30.3. The quantitative estimate of drug-likeness (QED) is 0.867. The molecule has 2 rings (SSSR count). The van der Waals surface area contributed by atoms with Crippen LogP contribution in [-0.4, -0.2) is 33.6 Å². The molecule has 2 heterocycles. The van der Waals surface area contributed by atoms with Crippen molar-refractivity contribution in [3.05, 3.63) is 32.7 Å². The number of thiazole rings is 1. The Morgan fingerprint density at radius 1 is 1.52 bits per heavy atom. The van der Waals surface area contributed by atoms with Gasteiger partial charge in [-0.3, -0.25) is 14.0 Å². The molecule has 6 nitrogen and oxygen atoms in total. The Bertz CT molecular complexity index is 720. The van der Waals surface area contributed by atoms with Gasteiger partial charge in [0.1, 0.15) is 5.56 Å². The van der Waals surface area contributed by atoms with Gasteiger partial charge in [0.05, 0.1) is 0 Å². The highest BCUT2D eigenvalue weighted by Crippen LogP contribution is 2.18. The summed E-state index contributed by atoms with van der Waals surface area (Å²) in [6.45, 7) is 6.19. The number of aliphatic hydroxyl groups is 1. The van der Waals surface area contributed by atoms with Gasteiger partial charge in [0.2, 0.25) is 0 Å². The Hall–Kier alpha value is -1.73. The van der Waals surface area contributed by atoms with Crippen LogP contribution < -0.4 is 10.9 Å². The highest BCUT2D eigenvalue weighted by atomic mass is 32.1. The van der Waals surface area contributed by atoms with Crippen LogP contribution in [0.4, 0.5) is 0 Å². The van der Waals surface area contributed by atoms with E-state index in [2.05, 4.69) is 10.3 Å². The zero-order valence-electron chi connectivity index (χ0n) is 12.3. The molecule has 0 saturated carbocycles. The summed E-state index contributed by atoms with van der Waals surface area (Å²) in [7, 11) is 0. The van der Waals surface area contributed by atoms with Crippen LogP contribution in [-0.2, 0) is 0 Å². The van der Waals surface area contributed by atoms with Gasteiger partial charge in [0.25, 0.3) is 11.5 Å². The van der Waals surface area contributed by atoms with Crippen molar-refractivity contribution in [3.8, 4) is 0 Å². The van der Waals surface area contributed by atoms with E-state index in [1.54, 1.807) is 0 Å². The van der Waals surface area contributed by atoms with Crippen LogP contribution in [0.25, 0.3) is 4.96 Å². The first-order valence-corrected chi connectivity index (χ1v) is 7.64. The second kappa shape index (κ2) is 6.36. The second-order valence-corrected chi connectivity index (χ2v) is 6.35. The molecule has 0 saturated heterocycles. The summed E-state index contributed by atoms with van der Waals surface area (Å²) >= 11 is 1.43. The number of nitrogens with one attached hydrogen (secondary N) is 1. The Kier molecular flexibility index (Phi) is 4.74. The van der Waals surface area contributed by atoms with Gasteiger partial charge in [-0.05, 0) is 26.2 Å². The fourth-order valence-corrected chi connectivity index (χ4v) is 2.95. The summed E-state index contributed by atoms with van der Waals surface area (Å²) in [5.41, 5.74) is 0.523. The summed E-state index contributed by atoms with van der Waals surface area (Å²) in [6.07, 6.45) is 1.94. The van der Waals surface area contributed by atoms with Crippen molar-refractivity contribution < 1.29 is 9.90 Å². The minimum atomic E-state index is -0.421. The largest absolute Gasteiger partial charge is 0.396 e. The first-order valence-electron chi connectivity index (χ1n) is 6.82. The van der Waals surface area contributed by atoms with E-state index in [9.17, 15) is 9.59 Å².